The average molecular weight is 514 g/mol. The molecule has 2 N–H and O–H groups in total. The van der Waals surface area contributed by atoms with Gasteiger partial charge in [0.1, 0.15) is 6.54 Å². The molecule has 1 unspecified atom stereocenters. The number of carboxylic acids is 1. The van der Waals surface area contributed by atoms with E-state index >= 15 is 0 Å². The number of carbonyl (C=O) groups excluding carboxylic acids is 2. The number of ketones is 1. The van der Waals surface area contributed by atoms with E-state index < -0.39 is 36.3 Å². The molecule has 2 amide bonds. The van der Waals surface area contributed by atoms with E-state index in [0.717, 1.165) is 40.5 Å². The number of rotatable bonds is 7. The van der Waals surface area contributed by atoms with Gasteiger partial charge in [-0.2, -0.15) is 13.2 Å². The van der Waals surface area contributed by atoms with Crippen molar-refractivity contribution in [1.82, 2.24) is 10.2 Å². The van der Waals surface area contributed by atoms with Crippen molar-refractivity contribution in [2.45, 2.75) is 44.4 Å². The molecule has 1 saturated heterocycles. The van der Waals surface area contributed by atoms with Crippen LogP contribution in [0, 0.1) is 5.92 Å². The molecule has 0 spiro atoms. The molecule has 1 saturated carbocycles. The molecule has 194 valence electrons. The molecule has 2 atom stereocenters. The van der Waals surface area contributed by atoms with E-state index in [1.807, 2.05) is 12.1 Å². The van der Waals surface area contributed by atoms with Gasteiger partial charge in [0.05, 0.1) is 17.3 Å². The van der Waals surface area contributed by atoms with Crippen LogP contribution < -0.4 is 10.2 Å². The van der Waals surface area contributed by atoms with Gasteiger partial charge in [-0.25, -0.2) is 4.79 Å². The SMILES string of the molecule is CC1=C(C(=O)C2CCC2)[C@@H](c2ccc(C3CN3)cc2)N(CC(=O)O)C(=O)N1c1cccc(C(F)(F)F)c1. The van der Waals surface area contributed by atoms with E-state index in [1.165, 1.54) is 19.1 Å². The lowest BCUT2D eigenvalue weighted by Gasteiger charge is -2.44. The number of nitrogens with zero attached hydrogens (tertiary/aromatic N) is 2. The number of carboxylic acid groups (broad SMARTS) is 1. The third-order valence-corrected chi connectivity index (χ3v) is 7.29. The lowest BCUT2D eigenvalue weighted by Crippen LogP contribution is -2.53. The number of alkyl halides is 3. The van der Waals surface area contributed by atoms with Gasteiger partial charge in [-0.3, -0.25) is 14.5 Å². The van der Waals surface area contributed by atoms with Crippen molar-refractivity contribution in [3.63, 3.8) is 0 Å². The first-order valence-electron chi connectivity index (χ1n) is 12.1. The Morgan fingerprint density at radius 3 is 2.27 bits per heavy atom. The van der Waals surface area contributed by atoms with Gasteiger partial charge in [0, 0.05) is 29.8 Å². The van der Waals surface area contributed by atoms with E-state index in [1.54, 1.807) is 12.1 Å². The maximum absolute atomic E-state index is 13.8. The van der Waals surface area contributed by atoms with Crippen LogP contribution in [0.4, 0.5) is 23.7 Å². The number of Topliss-reactive ketones (excluding diaryl/α,β-unsaturated/α-hetero) is 1. The summed E-state index contributed by atoms with van der Waals surface area (Å²) < 4.78 is 40.4. The van der Waals surface area contributed by atoms with Crippen molar-refractivity contribution < 1.29 is 32.7 Å². The number of urea groups is 1. The summed E-state index contributed by atoms with van der Waals surface area (Å²) in [6.07, 6.45) is -2.42. The minimum absolute atomic E-state index is 0.0831. The number of benzene rings is 2. The van der Waals surface area contributed by atoms with E-state index in [-0.39, 0.29) is 34.7 Å². The van der Waals surface area contributed by atoms with Crippen molar-refractivity contribution in [3.05, 3.63) is 76.5 Å². The molecule has 10 heteroatoms. The van der Waals surface area contributed by atoms with E-state index in [4.69, 9.17) is 0 Å². The number of carbonyl (C=O) groups is 3. The molecular weight excluding hydrogens is 487 g/mol. The largest absolute Gasteiger partial charge is 0.480 e. The molecule has 2 aromatic carbocycles. The molecule has 0 aromatic heterocycles. The van der Waals surface area contributed by atoms with Crippen molar-refractivity contribution in [2.75, 3.05) is 18.0 Å². The zero-order valence-electron chi connectivity index (χ0n) is 20.1. The minimum Gasteiger partial charge on any atom is -0.480 e. The Kier molecular flexibility index (Phi) is 6.31. The molecule has 37 heavy (non-hydrogen) atoms. The number of anilines is 1. The van der Waals surface area contributed by atoms with Gasteiger partial charge >= 0.3 is 18.2 Å². The van der Waals surface area contributed by atoms with Crippen LogP contribution in [0.1, 0.15) is 55.0 Å². The molecule has 2 heterocycles. The Labute approximate surface area is 211 Å². The predicted molar refractivity (Wildman–Crippen MR) is 129 cm³/mol. The van der Waals surface area contributed by atoms with Crippen LogP contribution in [0.15, 0.2) is 59.8 Å². The Morgan fingerprint density at radius 1 is 1.08 bits per heavy atom. The molecule has 0 radical (unpaired) electrons. The number of aliphatic carboxylic acids is 1. The fraction of sp³-hybridized carbons (Fsp3) is 0.370. The molecule has 2 fully saturated rings. The smallest absolute Gasteiger partial charge is 0.416 e. The molecule has 7 nitrogen and oxygen atoms in total. The van der Waals surface area contributed by atoms with Crippen molar-refractivity contribution in [1.29, 1.82) is 0 Å². The summed E-state index contributed by atoms with van der Waals surface area (Å²) >= 11 is 0. The number of allylic oxidation sites excluding steroid dienone is 1. The zero-order valence-corrected chi connectivity index (χ0v) is 20.1. The van der Waals surface area contributed by atoms with Crippen molar-refractivity contribution in [2.24, 2.45) is 5.92 Å². The molecule has 2 aromatic rings. The topological polar surface area (TPSA) is 99.9 Å². The first kappa shape index (κ1) is 25.0. The molecule has 2 aliphatic heterocycles. The highest BCUT2D eigenvalue weighted by Crippen LogP contribution is 2.44. The number of nitrogens with one attached hydrogen (secondary N) is 1. The Bertz CT molecular complexity index is 1280. The normalized spacial score (nSPS) is 22.2. The van der Waals surface area contributed by atoms with Gasteiger partial charge in [0.15, 0.2) is 5.78 Å². The second-order valence-electron chi connectivity index (χ2n) is 9.71. The lowest BCUT2D eigenvalue weighted by atomic mass is 9.76. The highest BCUT2D eigenvalue weighted by molar-refractivity contribution is 6.07. The van der Waals surface area contributed by atoms with Crippen molar-refractivity contribution >= 4 is 23.5 Å². The first-order valence-corrected chi connectivity index (χ1v) is 12.1. The van der Waals surface area contributed by atoms with Crippen LogP contribution in [-0.2, 0) is 15.8 Å². The van der Waals surface area contributed by atoms with E-state index in [9.17, 15) is 32.7 Å². The first-order chi connectivity index (χ1) is 17.6. The standard InChI is InChI=1S/C27H26F3N3O4/c1-15-23(25(36)18-4-2-5-18)24(17-10-8-16(9-11-17)21-13-31-21)32(14-22(34)35)26(37)33(15)20-7-3-6-19(12-20)27(28,29)30/h3,6-12,18,21,24,31H,2,4-5,13-14H2,1H3,(H,34,35)/t21?,24-/m1/s1. The number of hydrogen-bond donors (Lipinski definition) is 2. The number of halogens is 3. The molecule has 3 aliphatic rings. The van der Waals surface area contributed by atoms with Crippen LogP contribution in [0.25, 0.3) is 0 Å². The monoisotopic (exact) mass is 513 g/mol. The van der Waals surface area contributed by atoms with Gasteiger partial charge in [-0.1, -0.05) is 36.8 Å². The molecular formula is C27H26F3N3O4. The highest BCUT2D eigenvalue weighted by atomic mass is 19.4. The molecule has 5 rings (SSSR count). The second-order valence-corrected chi connectivity index (χ2v) is 9.71. The van der Waals surface area contributed by atoms with Gasteiger partial charge in [0.2, 0.25) is 0 Å². The van der Waals surface area contributed by atoms with Gasteiger partial charge in [0.25, 0.3) is 0 Å². The Hall–Kier alpha value is -3.66. The van der Waals surface area contributed by atoms with Crippen molar-refractivity contribution in [3.8, 4) is 0 Å². The summed E-state index contributed by atoms with van der Waals surface area (Å²) in [6, 6.07) is 10.0. The highest BCUT2D eigenvalue weighted by Gasteiger charge is 2.45. The summed E-state index contributed by atoms with van der Waals surface area (Å²) in [6.45, 7) is 1.67. The third-order valence-electron chi connectivity index (χ3n) is 7.29. The Balaban J connectivity index is 1.67. The summed E-state index contributed by atoms with van der Waals surface area (Å²) in [7, 11) is 0. The number of hydrogen-bond acceptors (Lipinski definition) is 4. The van der Waals surface area contributed by atoms with Crippen LogP contribution in [0.3, 0.4) is 0 Å². The maximum atomic E-state index is 13.8. The predicted octanol–water partition coefficient (Wildman–Crippen LogP) is 5.06. The zero-order chi connectivity index (χ0) is 26.5. The lowest BCUT2D eigenvalue weighted by molar-refractivity contribution is -0.138. The minimum atomic E-state index is -4.64. The summed E-state index contributed by atoms with van der Waals surface area (Å²) in [4.78, 5) is 41.5. The van der Waals surface area contributed by atoms with E-state index in [2.05, 4.69) is 5.32 Å². The summed E-state index contributed by atoms with van der Waals surface area (Å²) in [5, 5.41) is 12.9. The maximum Gasteiger partial charge on any atom is 0.416 e. The van der Waals surface area contributed by atoms with Gasteiger partial charge in [-0.05, 0) is 49.1 Å². The molecule has 0 bridgehead atoms. The van der Waals surface area contributed by atoms with Gasteiger partial charge in [-0.15, -0.1) is 0 Å². The second kappa shape index (κ2) is 9.33. The average Bonchev–Trinajstić information content (AvgIpc) is 3.65. The van der Waals surface area contributed by atoms with Crippen LogP contribution >= 0.6 is 0 Å². The molecule has 1 aliphatic carbocycles. The van der Waals surface area contributed by atoms with Crippen LogP contribution in [0.2, 0.25) is 0 Å². The fourth-order valence-corrected chi connectivity index (χ4v) is 5.04. The number of amides is 2. The van der Waals surface area contributed by atoms with Crippen LogP contribution in [-0.4, -0.2) is 40.9 Å². The van der Waals surface area contributed by atoms with Gasteiger partial charge < -0.3 is 15.3 Å². The third kappa shape index (κ3) is 4.73. The summed E-state index contributed by atoms with van der Waals surface area (Å²) in [5.74, 6) is -1.77. The van der Waals surface area contributed by atoms with E-state index in [0.29, 0.717) is 18.4 Å². The quantitative estimate of drug-likeness (QED) is 0.504. The Morgan fingerprint density at radius 2 is 1.73 bits per heavy atom. The summed E-state index contributed by atoms with van der Waals surface area (Å²) in [5.41, 5.74) is 1.02. The fourth-order valence-electron chi connectivity index (χ4n) is 5.04. The van der Waals surface area contributed by atoms with Crippen LogP contribution in [0.5, 0.6) is 0 Å².